The van der Waals surface area contributed by atoms with E-state index in [-0.39, 0.29) is 24.4 Å². The molecule has 0 unspecified atom stereocenters. The second kappa shape index (κ2) is 9.69. The minimum Gasteiger partial charge on any atom is -0.467 e. The maximum absolute atomic E-state index is 13.8. The number of nitrogens with zero attached hydrogens (tertiary/aromatic N) is 4. The lowest BCUT2D eigenvalue weighted by Gasteiger charge is -2.31. The van der Waals surface area contributed by atoms with E-state index in [1.807, 2.05) is 24.3 Å². The molecule has 0 bridgehead atoms. The first-order valence-electron chi connectivity index (χ1n) is 11.3. The smallest absolute Gasteiger partial charge is 0.251 e. The van der Waals surface area contributed by atoms with Crippen LogP contribution in [0.1, 0.15) is 37.5 Å². The van der Waals surface area contributed by atoms with Crippen molar-refractivity contribution in [2.75, 3.05) is 4.90 Å². The van der Waals surface area contributed by atoms with Crippen LogP contribution in [0.25, 0.3) is 11.0 Å². The lowest BCUT2D eigenvalue weighted by molar-refractivity contribution is -0.127. The fourth-order valence-electron chi connectivity index (χ4n) is 4.45. The maximum Gasteiger partial charge on any atom is 0.251 e. The zero-order chi connectivity index (χ0) is 23.5. The monoisotopic (exact) mass is 477 g/mol. The van der Waals surface area contributed by atoms with Gasteiger partial charge in [0.2, 0.25) is 5.91 Å². The minimum absolute atomic E-state index is 0.0893. The number of hydrogen-bond acceptors (Lipinski definition) is 5. The summed E-state index contributed by atoms with van der Waals surface area (Å²) >= 11 is 6.11. The Hall–Kier alpha value is -3.65. The number of fused-ring (bicyclic) bond motifs is 1. The standard InChI is InChI=1S/C25H24ClN5O3/c26-17-11-13-19(14-12-17)31(23(32)16-30-21-9-4-3-8-20(21)28-29-30)24(22-10-5-15-34-22)25(33)27-18-6-1-2-7-18/h3-5,8-15,18,24H,1-2,6-7,16H2,(H,27,33)/t24-/m1/s1. The Morgan fingerprint density at radius 1 is 1.09 bits per heavy atom. The molecule has 2 aromatic carbocycles. The molecule has 8 nitrogen and oxygen atoms in total. The molecular weight excluding hydrogens is 454 g/mol. The highest BCUT2D eigenvalue weighted by atomic mass is 35.5. The molecule has 1 saturated carbocycles. The predicted molar refractivity (Wildman–Crippen MR) is 128 cm³/mol. The van der Waals surface area contributed by atoms with E-state index in [2.05, 4.69) is 15.6 Å². The molecule has 1 N–H and O–H groups in total. The number of nitrogens with one attached hydrogen (secondary N) is 1. The minimum atomic E-state index is -0.987. The molecule has 1 aliphatic rings. The Bertz CT molecular complexity index is 1280. The lowest BCUT2D eigenvalue weighted by atomic mass is 10.1. The number of hydrogen-bond donors (Lipinski definition) is 1. The van der Waals surface area contributed by atoms with Crippen molar-refractivity contribution in [3.05, 3.63) is 77.7 Å². The molecule has 0 saturated heterocycles. The quantitative estimate of drug-likeness (QED) is 0.422. The molecule has 4 aromatic rings. The molecule has 1 atom stereocenters. The van der Waals surface area contributed by atoms with Gasteiger partial charge in [-0.15, -0.1) is 5.10 Å². The second-order valence-corrected chi connectivity index (χ2v) is 8.82. The van der Waals surface area contributed by atoms with E-state index in [1.165, 1.54) is 15.8 Å². The van der Waals surface area contributed by atoms with Gasteiger partial charge in [0.15, 0.2) is 6.04 Å². The van der Waals surface area contributed by atoms with E-state index in [9.17, 15) is 9.59 Å². The molecule has 5 rings (SSSR count). The molecule has 0 aliphatic heterocycles. The van der Waals surface area contributed by atoms with E-state index in [0.717, 1.165) is 31.2 Å². The molecule has 9 heteroatoms. The van der Waals surface area contributed by atoms with Crippen molar-refractivity contribution < 1.29 is 14.0 Å². The van der Waals surface area contributed by atoms with Gasteiger partial charge in [0.1, 0.15) is 17.8 Å². The van der Waals surface area contributed by atoms with Gasteiger partial charge in [0.05, 0.1) is 11.8 Å². The fraction of sp³-hybridized carbons (Fsp3) is 0.280. The molecule has 1 fully saturated rings. The van der Waals surface area contributed by atoms with E-state index in [0.29, 0.717) is 22.0 Å². The van der Waals surface area contributed by atoms with Gasteiger partial charge in [-0.2, -0.15) is 0 Å². The Kier molecular flexibility index (Phi) is 6.31. The van der Waals surface area contributed by atoms with Crippen LogP contribution in [0.5, 0.6) is 0 Å². The van der Waals surface area contributed by atoms with Crippen LogP contribution in [0.4, 0.5) is 5.69 Å². The number of para-hydroxylation sites is 1. The van der Waals surface area contributed by atoms with Gasteiger partial charge in [-0.25, -0.2) is 4.68 Å². The predicted octanol–water partition coefficient (Wildman–Crippen LogP) is 4.51. The molecule has 2 amide bonds. The fourth-order valence-corrected chi connectivity index (χ4v) is 4.57. The van der Waals surface area contributed by atoms with Gasteiger partial charge >= 0.3 is 0 Å². The van der Waals surface area contributed by atoms with Crippen LogP contribution in [0.3, 0.4) is 0 Å². The molecule has 34 heavy (non-hydrogen) atoms. The Morgan fingerprint density at radius 3 is 2.59 bits per heavy atom. The average molecular weight is 478 g/mol. The number of amides is 2. The van der Waals surface area contributed by atoms with Crippen LogP contribution in [0, 0.1) is 0 Å². The number of furan rings is 1. The molecule has 0 radical (unpaired) electrons. The van der Waals surface area contributed by atoms with Crippen LogP contribution in [-0.4, -0.2) is 32.9 Å². The summed E-state index contributed by atoms with van der Waals surface area (Å²) in [5.74, 6) is -0.239. The topological polar surface area (TPSA) is 93.3 Å². The van der Waals surface area contributed by atoms with Gasteiger partial charge in [-0.05, 0) is 61.4 Å². The number of aromatic nitrogens is 3. The first-order valence-corrected chi connectivity index (χ1v) is 11.7. The van der Waals surface area contributed by atoms with E-state index in [1.54, 1.807) is 36.4 Å². The van der Waals surface area contributed by atoms with Gasteiger partial charge < -0.3 is 9.73 Å². The highest BCUT2D eigenvalue weighted by Crippen LogP contribution is 2.31. The number of carbonyl (C=O) groups is 2. The van der Waals surface area contributed by atoms with Crippen LogP contribution in [0.2, 0.25) is 5.02 Å². The second-order valence-electron chi connectivity index (χ2n) is 8.38. The average Bonchev–Trinajstić information content (AvgIpc) is 3.61. The number of benzene rings is 2. The largest absolute Gasteiger partial charge is 0.467 e. The van der Waals surface area contributed by atoms with Gasteiger partial charge in [-0.3, -0.25) is 14.5 Å². The SMILES string of the molecule is O=C(NC1CCCC1)[C@@H](c1ccco1)N(C(=O)Cn1nnc2ccccc21)c1ccc(Cl)cc1. The Labute approximate surface area is 201 Å². The van der Waals surface area contributed by atoms with Crippen LogP contribution >= 0.6 is 11.6 Å². The van der Waals surface area contributed by atoms with Crippen molar-refractivity contribution >= 4 is 40.1 Å². The van der Waals surface area contributed by atoms with E-state index in [4.69, 9.17) is 16.0 Å². The molecular formula is C25H24ClN5O3. The van der Waals surface area contributed by atoms with Gasteiger partial charge in [-0.1, -0.05) is 41.8 Å². The summed E-state index contributed by atoms with van der Waals surface area (Å²) in [5.41, 5.74) is 1.95. The van der Waals surface area contributed by atoms with E-state index < -0.39 is 6.04 Å². The zero-order valence-corrected chi connectivity index (χ0v) is 19.2. The summed E-state index contributed by atoms with van der Waals surface area (Å²) in [6.07, 6.45) is 5.51. The highest BCUT2D eigenvalue weighted by Gasteiger charge is 2.36. The zero-order valence-electron chi connectivity index (χ0n) is 18.4. The summed E-state index contributed by atoms with van der Waals surface area (Å²) in [7, 11) is 0. The van der Waals surface area contributed by atoms with E-state index >= 15 is 0 Å². The van der Waals surface area contributed by atoms with Crippen molar-refractivity contribution in [3.8, 4) is 0 Å². The summed E-state index contributed by atoms with van der Waals surface area (Å²) in [6, 6.07) is 16.8. The third kappa shape index (κ3) is 4.54. The van der Waals surface area contributed by atoms with Crippen molar-refractivity contribution in [2.24, 2.45) is 0 Å². The van der Waals surface area contributed by atoms with Crippen molar-refractivity contribution in [2.45, 2.75) is 44.3 Å². The van der Waals surface area contributed by atoms with Crippen molar-refractivity contribution in [3.63, 3.8) is 0 Å². The maximum atomic E-state index is 13.8. The molecule has 2 aromatic heterocycles. The highest BCUT2D eigenvalue weighted by molar-refractivity contribution is 6.30. The van der Waals surface area contributed by atoms with Crippen LogP contribution < -0.4 is 10.2 Å². The molecule has 2 heterocycles. The Balaban J connectivity index is 1.53. The first-order chi connectivity index (χ1) is 16.6. The number of carbonyl (C=O) groups excluding carboxylic acids is 2. The molecule has 1 aliphatic carbocycles. The van der Waals surface area contributed by atoms with Gasteiger partial charge in [0, 0.05) is 16.8 Å². The summed E-state index contributed by atoms with van der Waals surface area (Å²) < 4.78 is 7.18. The summed E-state index contributed by atoms with van der Waals surface area (Å²) in [4.78, 5) is 28.8. The summed E-state index contributed by atoms with van der Waals surface area (Å²) in [5, 5.41) is 11.9. The number of anilines is 1. The van der Waals surface area contributed by atoms with Crippen LogP contribution in [0.15, 0.2) is 71.3 Å². The third-order valence-electron chi connectivity index (χ3n) is 6.10. The van der Waals surface area contributed by atoms with Crippen LogP contribution in [-0.2, 0) is 16.1 Å². The van der Waals surface area contributed by atoms with Crippen molar-refractivity contribution in [1.82, 2.24) is 20.3 Å². The van der Waals surface area contributed by atoms with Crippen molar-refractivity contribution in [1.29, 1.82) is 0 Å². The molecule has 174 valence electrons. The molecule has 0 spiro atoms. The third-order valence-corrected chi connectivity index (χ3v) is 6.35. The lowest BCUT2D eigenvalue weighted by Crippen LogP contribution is -2.47. The number of rotatable bonds is 7. The normalized spacial score (nSPS) is 14.9. The van der Waals surface area contributed by atoms with Gasteiger partial charge in [0.25, 0.3) is 5.91 Å². The summed E-state index contributed by atoms with van der Waals surface area (Å²) in [6.45, 7) is -0.100. The Morgan fingerprint density at radius 2 is 1.85 bits per heavy atom. The number of halogens is 1. The first kappa shape index (κ1) is 22.2.